The van der Waals surface area contributed by atoms with E-state index in [9.17, 15) is 37.5 Å². The molecule has 0 saturated carbocycles. The van der Waals surface area contributed by atoms with Gasteiger partial charge in [-0.15, -0.1) is 0 Å². The summed E-state index contributed by atoms with van der Waals surface area (Å²) in [5.74, 6) is -2.19. The van der Waals surface area contributed by atoms with Crippen molar-refractivity contribution in [2.45, 2.75) is 12.3 Å². The first kappa shape index (κ1) is 29.8. The summed E-state index contributed by atoms with van der Waals surface area (Å²) in [7, 11) is 0. The molecule has 0 bridgehead atoms. The largest absolute Gasteiger partial charge is 0.478 e. The minimum Gasteiger partial charge on any atom is -0.478 e. The van der Waals surface area contributed by atoms with Gasteiger partial charge in [0.25, 0.3) is 5.56 Å². The number of pyridine rings is 1. The average Bonchev–Trinajstić information content (AvgIpc) is 3.31. The fourth-order valence-corrected chi connectivity index (χ4v) is 4.44. The Morgan fingerprint density at radius 3 is 2.39 bits per heavy atom. The van der Waals surface area contributed by atoms with E-state index in [0.717, 1.165) is 6.07 Å². The van der Waals surface area contributed by atoms with E-state index in [4.69, 9.17) is 9.47 Å². The van der Waals surface area contributed by atoms with Gasteiger partial charge in [-0.3, -0.25) is 9.69 Å². The number of alkyl halides is 3. The Morgan fingerprint density at radius 1 is 1.00 bits per heavy atom. The van der Waals surface area contributed by atoms with Crippen molar-refractivity contribution < 1.29 is 42.1 Å². The molecule has 1 aliphatic heterocycles. The number of aromatic nitrogens is 1. The predicted molar refractivity (Wildman–Crippen MR) is 142 cm³/mol. The van der Waals surface area contributed by atoms with E-state index < -0.39 is 41.4 Å². The SMILES string of the molecule is O=C(O)c1ccccc1C(=O)OC[C@@H]1CN(c2ccc3cc(-c4ccccc4C(F)(F)F)[nH]c(=O)c3c2)C(=O)O1.[Na]. The van der Waals surface area contributed by atoms with Crippen LogP contribution in [0.25, 0.3) is 22.0 Å². The van der Waals surface area contributed by atoms with Gasteiger partial charge in [0.2, 0.25) is 0 Å². The number of hydrogen-bond acceptors (Lipinski definition) is 6. The number of aromatic carboxylic acids is 1. The van der Waals surface area contributed by atoms with Gasteiger partial charge in [0.05, 0.1) is 23.2 Å². The molecule has 1 amide bonds. The molecule has 1 radical (unpaired) electrons. The third-order valence-corrected chi connectivity index (χ3v) is 6.32. The molecule has 2 N–H and O–H groups in total. The van der Waals surface area contributed by atoms with Gasteiger partial charge in [-0.25, -0.2) is 14.4 Å². The Bertz CT molecular complexity index is 1720. The first-order chi connectivity index (χ1) is 19.0. The van der Waals surface area contributed by atoms with Crippen molar-refractivity contribution in [3.8, 4) is 11.3 Å². The number of rotatable bonds is 6. The number of esters is 1. The molecule has 0 aliphatic carbocycles. The number of carbonyl (C=O) groups is 3. The number of carboxylic acid groups (broad SMARTS) is 1. The number of fused-ring (bicyclic) bond motifs is 1. The summed E-state index contributed by atoms with van der Waals surface area (Å²) in [5, 5.41) is 9.74. The summed E-state index contributed by atoms with van der Waals surface area (Å²) in [6.45, 7) is -0.377. The molecule has 5 rings (SSSR count). The molecule has 1 fully saturated rings. The summed E-state index contributed by atoms with van der Waals surface area (Å²) >= 11 is 0. The van der Waals surface area contributed by atoms with Crippen LogP contribution >= 0.6 is 0 Å². The van der Waals surface area contributed by atoms with Crippen LogP contribution in [0.3, 0.4) is 0 Å². The maximum absolute atomic E-state index is 13.5. The number of hydrogen-bond donors (Lipinski definition) is 2. The Kier molecular flexibility index (Phi) is 8.57. The number of benzene rings is 3. The number of H-pyrrole nitrogens is 1. The second-order valence-corrected chi connectivity index (χ2v) is 8.89. The van der Waals surface area contributed by atoms with Crippen LogP contribution in [0.5, 0.6) is 0 Å². The van der Waals surface area contributed by atoms with Crippen LogP contribution < -0.4 is 10.5 Å². The van der Waals surface area contributed by atoms with Crippen molar-refractivity contribution in [1.82, 2.24) is 4.98 Å². The number of aromatic amines is 1. The van der Waals surface area contributed by atoms with Crippen LogP contribution in [-0.2, 0) is 15.7 Å². The second-order valence-electron chi connectivity index (χ2n) is 8.89. The topological polar surface area (TPSA) is 126 Å². The molecule has 1 aromatic heterocycles. The van der Waals surface area contributed by atoms with Gasteiger partial charge in [-0.05, 0) is 41.8 Å². The minimum absolute atomic E-state index is 0. The van der Waals surface area contributed by atoms with Gasteiger partial charge in [0.1, 0.15) is 6.61 Å². The van der Waals surface area contributed by atoms with Gasteiger partial charge in [-0.2, -0.15) is 13.2 Å². The van der Waals surface area contributed by atoms with Crippen LogP contribution in [0, 0.1) is 0 Å². The van der Waals surface area contributed by atoms with E-state index in [-0.39, 0.29) is 76.2 Å². The minimum atomic E-state index is -4.62. The van der Waals surface area contributed by atoms with Crippen molar-refractivity contribution in [1.29, 1.82) is 0 Å². The maximum atomic E-state index is 13.5. The van der Waals surface area contributed by atoms with E-state index in [2.05, 4.69) is 4.98 Å². The molecular formula is C28H19F3N2NaO7. The maximum Gasteiger partial charge on any atom is 0.417 e. The molecule has 41 heavy (non-hydrogen) atoms. The van der Waals surface area contributed by atoms with Crippen LogP contribution in [0.15, 0.2) is 77.6 Å². The first-order valence-electron chi connectivity index (χ1n) is 11.8. The summed E-state index contributed by atoms with van der Waals surface area (Å²) in [5.41, 5.74) is -1.82. The smallest absolute Gasteiger partial charge is 0.417 e. The van der Waals surface area contributed by atoms with Crippen molar-refractivity contribution in [2.75, 3.05) is 18.1 Å². The molecule has 0 spiro atoms. The summed E-state index contributed by atoms with van der Waals surface area (Å²) in [6, 6.07) is 16.3. The summed E-state index contributed by atoms with van der Waals surface area (Å²) in [4.78, 5) is 52.8. The predicted octanol–water partition coefficient (Wildman–Crippen LogP) is 4.71. The number of anilines is 1. The number of ether oxygens (including phenoxy) is 2. The van der Waals surface area contributed by atoms with Crippen LogP contribution in [0.2, 0.25) is 0 Å². The van der Waals surface area contributed by atoms with E-state index in [0.29, 0.717) is 5.39 Å². The van der Waals surface area contributed by atoms with Gasteiger partial charge in [0, 0.05) is 51.9 Å². The Morgan fingerprint density at radius 2 is 1.68 bits per heavy atom. The molecule has 4 aromatic rings. The van der Waals surface area contributed by atoms with Gasteiger partial charge < -0.3 is 19.6 Å². The molecule has 3 aromatic carbocycles. The number of carbonyl (C=O) groups excluding carboxylic acids is 2. The number of halogens is 3. The molecule has 1 atom stereocenters. The Hall–Kier alpha value is -4.13. The molecule has 1 saturated heterocycles. The third-order valence-electron chi connectivity index (χ3n) is 6.32. The van der Waals surface area contributed by atoms with Crippen LogP contribution in [0.4, 0.5) is 23.7 Å². The number of nitrogens with zero attached hydrogens (tertiary/aromatic N) is 1. The fourth-order valence-electron chi connectivity index (χ4n) is 4.44. The van der Waals surface area contributed by atoms with Gasteiger partial charge in [-0.1, -0.05) is 36.4 Å². The number of carboxylic acids is 1. The summed E-state index contributed by atoms with van der Waals surface area (Å²) < 4.78 is 50.9. The zero-order chi connectivity index (χ0) is 28.6. The quantitative estimate of drug-likeness (QED) is 0.252. The third kappa shape index (κ3) is 6.14. The molecule has 2 heterocycles. The van der Waals surface area contributed by atoms with E-state index in [1.54, 1.807) is 0 Å². The number of amides is 1. The van der Waals surface area contributed by atoms with E-state index in [1.165, 1.54) is 71.6 Å². The molecule has 205 valence electrons. The normalized spacial score (nSPS) is 14.9. The molecular weight excluding hydrogens is 556 g/mol. The van der Waals surface area contributed by atoms with Gasteiger partial charge >= 0.3 is 24.2 Å². The Balaban J connectivity index is 0.00000387. The van der Waals surface area contributed by atoms with Gasteiger partial charge in [0.15, 0.2) is 6.10 Å². The molecule has 13 heteroatoms. The van der Waals surface area contributed by atoms with E-state index in [1.807, 2.05) is 0 Å². The molecule has 0 unspecified atom stereocenters. The van der Waals surface area contributed by atoms with Crippen LogP contribution in [-0.4, -0.2) is 76.9 Å². The zero-order valence-corrected chi connectivity index (χ0v) is 23.4. The number of nitrogens with one attached hydrogen (secondary N) is 1. The van der Waals surface area contributed by atoms with Crippen molar-refractivity contribution in [2.24, 2.45) is 0 Å². The number of cyclic esters (lactones) is 1. The standard InChI is InChI=1S/C28H19F3N2O7.Na/c29-28(30,31)22-8-4-3-7-20(22)23-11-15-9-10-16(12-21(15)24(34)32-23)33-13-17(40-27(33)38)14-39-26(37)19-6-2-1-5-18(19)25(35)36;/h1-12,17H,13-14H2,(H,32,34)(H,35,36);/t17-;/m0./s1. The van der Waals surface area contributed by atoms with Crippen molar-refractivity contribution in [3.63, 3.8) is 0 Å². The summed E-state index contributed by atoms with van der Waals surface area (Å²) in [6.07, 6.45) is -6.26. The molecule has 9 nitrogen and oxygen atoms in total. The van der Waals surface area contributed by atoms with E-state index >= 15 is 0 Å². The van der Waals surface area contributed by atoms with Crippen LogP contribution in [0.1, 0.15) is 26.3 Å². The monoisotopic (exact) mass is 575 g/mol. The first-order valence-corrected chi connectivity index (χ1v) is 11.8. The van der Waals surface area contributed by atoms with Crippen molar-refractivity contribution >= 4 is 64.0 Å². The fraction of sp³-hybridized carbons (Fsp3) is 0.143. The Labute approximate surface area is 251 Å². The second kappa shape index (κ2) is 11.8. The zero-order valence-electron chi connectivity index (χ0n) is 21.4. The van der Waals surface area contributed by atoms with Crippen molar-refractivity contribution in [3.05, 3.63) is 99.8 Å². The molecule has 1 aliphatic rings. The average molecular weight is 575 g/mol.